The molecule has 1 aliphatic heterocycles. The molecule has 2 amide bonds. The highest BCUT2D eigenvalue weighted by atomic mass is 16.3. The van der Waals surface area contributed by atoms with Crippen LogP contribution in [0.2, 0.25) is 0 Å². The molecule has 82 valence electrons. The summed E-state index contributed by atoms with van der Waals surface area (Å²) in [6, 6.07) is 6.85. The van der Waals surface area contributed by atoms with Gasteiger partial charge in [-0.1, -0.05) is 12.1 Å². The lowest BCUT2D eigenvalue weighted by atomic mass is 10.2. The zero-order chi connectivity index (χ0) is 11.3. The number of imide groups is 1. The molecule has 1 saturated carbocycles. The minimum absolute atomic E-state index is 0.0343. The van der Waals surface area contributed by atoms with Gasteiger partial charge in [-0.2, -0.15) is 0 Å². The highest BCUT2D eigenvalue weighted by Crippen LogP contribution is 2.48. The highest BCUT2D eigenvalue weighted by molar-refractivity contribution is 6.24. The Labute approximate surface area is 92.5 Å². The normalized spacial score (nSPS) is 27.2. The summed E-state index contributed by atoms with van der Waals surface area (Å²) in [5.41, 5.74) is 1.38. The first kappa shape index (κ1) is 9.54. The highest BCUT2D eigenvalue weighted by Gasteiger charge is 2.59. The second kappa shape index (κ2) is 3.15. The molecule has 2 unspecified atom stereocenters. The maximum atomic E-state index is 11.8. The number of fused-ring (bicyclic) bond motifs is 1. The van der Waals surface area contributed by atoms with Gasteiger partial charge in [-0.05, 0) is 24.1 Å². The number of benzene rings is 1. The van der Waals surface area contributed by atoms with Crippen molar-refractivity contribution in [2.24, 2.45) is 11.8 Å². The topological polar surface area (TPSA) is 57.6 Å². The lowest BCUT2D eigenvalue weighted by Crippen LogP contribution is -2.32. The zero-order valence-electron chi connectivity index (χ0n) is 8.59. The van der Waals surface area contributed by atoms with Crippen molar-refractivity contribution in [3.63, 3.8) is 0 Å². The lowest BCUT2D eigenvalue weighted by Gasteiger charge is -2.16. The van der Waals surface area contributed by atoms with Crippen LogP contribution in [0, 0.1) is 11.8 Å². The number of rotatable bonds is 2. The second-order valence-corrected chi connectivity index (χ2v) is 4.29. The molecule has 1 aromatic rings. The summed E-state index contributed by atoms with van der Waals surface area (Å²) in [5.74, 6) is -0.284. The summed E-state index contributed by atoms with van der Waals surface area (Å²) in [6.45, 7) is -0.0343. The van der Waals surface area contributed by atoms with Crippen LogP contribution in [-0.2, 0) is 16.2 Å². The molecule has 16 heavy (non-hydrogen) atoms. The Balaban J connectivity index is 1.92. The molecule has 1 N–H and O–H groups in total. The van der Waals surface area contributed by atoms with Crippen molar-refractivity contribution in [1.29, 1.82) is 0 Å². The number of aliphatic hydroxyl groups is 1. The summed E-state index contributed by atoms with van der Waals surface area (Å²) < 4.78 is 0. The Morgan fingerprint density at radius 2 is 1.69 bits per heavy atom. The van der Waals surface area contributed by atoms with Gasteiger partial charge in [0, 0.05) is 0 Å². The number of nitrogens with zero attached hydrogens (tertiary/aromatic N) is 1. The summed E-state index contributed by atoms with van der Waals surface area (Å²) >= 11 is 0. The predicted octanol–water partition coefficient (Wildman–Crippen LogP) is 0.688. The first-order valence-corrected chi connectivity index (χ1v) is 5.30. The van der Waals surface area contributed by atoms with Crippen LogP contribution >= 0.6 is 0 Å². The number of anilines is 1. The SMILES string of the molecule is O=C1C2CC2C(=O)N1c1ccc(CO)cc1. The van der Waals surface area contributed by atoms with Crippen molar-refractivity contribution in [3.8, 4) is 0 Å². The minimum Gasteiger partial charge on any atom is -0.392 e. The fraction of sp³-hybridized carbons (Fsp3) is 0.333. The third-order valence-electron chi connectivity index (χ3n) is 3.24. The average Bonchev–Trinajstić information content (AvgIpc) is 3.05. The molecule has 0 spiro atoms. The molecule has 0 radical (unpaired) electrons. The first-order chi connectivity index (χ1) is 7.72. The number of hydrogen-bond acceptors (Lipinski definition) is 3. The molecule has 2 atom stereocenters. The number of carbonyl (C=O) groups excluding carboxylic acids is 2. The number of hydrogen-bond donors (Lipinski definition) is 1. The van der Waals surface area contributed by atoms with Crippen LogP contribution < -0.4 is 4.90 Å². The number of aliphatic hydroxyl groups excluding tert-OH is 1. The van der Waals surface area contributed by atoms with Gasteiger partial charge >= 0.3 is 0 Å². The molecule has 1 heterocycles. The van der Waals surface area contributed by atoms with E-state index in [-0.39, 0.29) is 30.3 Å². The van der Waals surface area contributed by atoms with Crippen LogP contribution in [-0.4, -0.2) is 16.9 Å². The van der Waals surface area contributed by atoms with Crippen molar-refractivity contribution in [2.45, 2.75) is 13.0 Å². The van der Waals surface area contributed by atoms with E-state index in [1.807, 2.05) is 0 Å². The molecule has 1 aromatic carbocycles. The monoisotopic (exact) mass is 217 g/mol. The Bertz CT molecular complexity index is 446. The van der Waals surface area contributed by atoms with Gasteiger partial charge in [0.25, 0.3) is 0 Å². The third-order valence-corrected chi connectivity index (χ3v) is 3.24. The Morgan fingerprint density at radius 1 is 1.12 bits per heavy atom. The van der Waals surface area contributed by atoms with Crippen LogP contribution in [0.15, 0.2) is 24.3 Å². The van der Waals surface area contributed by atoms with Gasteiger partial charge in [0.05, 0.1) is 24.1 Å². The third kappa shape index (κ3) is 1.20. The van der Waals surface area contributed by atoms with E-state index in [2.05, 4.69) is 0 Å². The molecule has 2 aliphatic rings. The summed E-state index contributed by atoms with van der Waals surface area (Å²) in [6.07, 6.45) is 0.725. The van der Waals surface area contributed by atoms with Gasteiger partial charge < -0.3 is 5.11 Å². The van der Waals surface area contributed by atoms with Crippen LogP contribution in [0.1, 0.15) is 12.0 Å². The smallest absolute Gasteiger partial charge is 0.237 e. The maximum Gasteiger partial charge on any atom is 0.237 e. The van der Waals surface area contributed by atoms with Gasteiger partial charge in [-0.15, -0.1) is 0 Å². The van der Waals surface area contributed by atoms with E-state index >= 15 is 0 Å². The van der Waals surface area contributed by atoms with E-state index in [0.717, 1.165) is 12.0 Å². The maximum absolute atomic E-state index is 11.8. The van der Waals surface area contributed by atoms with Crippen molar-refractivity contribution >= 4 is 17.5 Å². The molecular weight excluding hydrogens is 206 g/mol. The predicted molar refractivity (Wildman–Crippen MR) is 56.5 cm³/mol. The van der Waals surface area contributed by atoms with Gasteiger partial charge in [-0.25, -0.2) is 0 Å². The fourth-order valence-electron chi connectivity index (χ4n) is 2.19. The van der Waals surface area contributed by atoms with E-state index in [0.29, 0.717) is 5.69 Å². The zero-order valence-corrected chi connectivity index (χ0v) is 8.59. The number of amides is 2. The van der Waals surface area contributed by atoms with Crippen LogP contribution in [0.4, 0.5) is 5.69 Å². The Hall–Kier alpha value is -1.68. The molecular formula is C12H11NO3. The van der Waals surface area contributed by atoms with Crippen molar-refractivity contribution < 1.29 is 14.7 Å². The van der Waals surface area contributed by atoms with Crippen LogP contribution in [0.3, 0.4) is 0 Å². The second-order valence-electron chi connectivity index (χ2n) is 4.29. The molecule has 0 bridgehead atoms. The molecule has 2 fully saturated rings. The van der Waals surface area contributed by atoms with Gasteiger partial charge in [0.2, 0.25) is 11.8 Å². The minimum atomic E-state index is -0.0771. The van der Waals surface area contributed by atoms with E-state index in [1.54, 1.807) is 24.3 Å². The van der Waals surface area contributed by atoms with Gasteiger partial charge in [-0.3, -0.25) is 14.5 Å². The number of carbonyl (C=O) groups is 2. The summed E-state index contributed by atoms with van der Waals surface area (Å²) in [4.78, 5) is 24.8. The molecule has 4 heteroatoms. The average molecular weight is 217 g/mol. The first-order valence-electron chi connectivity index (χ1n) is 5.30. The van der Waals surface area contributed by atoms with E-state index in [4.69, 9.17) is 5.11 Å². The standard InChI is InChI=1S/C12H11NO3/c14-6-7-1-3-8(4-2-7)13-11(15)9-5-10(9)12(13)16/h1-4,9-10,14H,5-6H2. The molecule has 1 aliphatic carbocycles. The van der Waals surface area contributed by atoms with E-state index in [9.17, 15) is 9.59 Å². The quantitative estimate of drug-likeness (QED) is 0.741. The molecule has 1 saturated heterocycles. The molecule has 4 nitrogen and oxygen atoms in total. The Morgan fingerprint density at radius 3 is 2.19 bits per heavy atom. The Kier molecular flexibility index (Phi) is 1.88. The van der Waals surface area contributed by atoms with E-state index < -0.39 is 0 Å². The van der Waals surface area contributed by atoms with Gasteiger partial charge in [0.15, 0.2) is 0 Å². The molecule has 3 rings (SSSR count). The summed E-state index contributed by atoms with van der Waals surface area (Å²) in [5, 5.41) is 8.90. The van der Waals surface area contributed by atoms with Crippen molar-refractivity contribution in [1.82, 2.24) is 0 Å². The summed E-state index contributed by atoms with van der Waals surface area (Å²) in [7, 11) is 0. The van der Waals surface area contributed by atoms with Crippen LogP contribution in [0.25, 0.3) is 0 Å². The fourth-order valence-corrected chi connectivity index (χ4v) is 2.19. The lowest BCUT2D eigenvalue weighted by molar-refractivity contribution is -0.123. The van der Waals surface area contributed by atoms with Crippen molar-refractivity contribution in [3.05, 3.63) is 29.8 Å². The number of piperidine rings is 1. The van der Waals surface area contributed by atoms with Gasteiger partial charge in [0.1, 0.15) is 0 Å². The van der Waals surface area contributed by atoms with Crippen molar-refractivity contribution in [2.75, 3.05) is 4.90 Å². The van der Waals surface area contributed by atoms with E-state index in [1.165, 1.54) is 4.90 Å². The largest absolute Gasteiger partial charge is 0.392 e. The molecule has 0 aromatic heterocycles. The van der Waals surface area contributed by atoms with Crippen LogP contribution in [0.5, 0.6) is 0 Å².